The SMILES string of the molecule is CC/C=C\CCCCOC(CCC(=O)OCC(COC(=O)CCCCCCOC(=O)C(CCCC)CCCCCC)COC(=O)CCC(CCCCCC)OC(=O)NCCN(C)CC)OCCCC/C=C\CC. The first-order valence-electron chi connectivity index (χ1n) is 29.3. The van der Waals surface area contributed by atoms with Crippen molar-refractivity contribution < 1.29 is 57.1 Å². The van der Waals surface area contributed by atoms with Crippen LogP contribution >= 0.6 is 0 Å². The number of amides is 1. The fraction of sp³-hybridized carbons (Fsp3) is 0.847. The minimum atomic E-state index is -0.598. The summed E-state index contributed by atoms with van der Waals surface area (Å²) in [5.41, 5.74) is 0. The first-order valence-corrected chi connectivity index (χ1v) is 29.3. The largest absolute Gasteiger partial charge is 0.465 e. The Morgan fingerprint density at radius 1 is 0.493 bits per heavy atom. The highest BCUT2D eigenvalue weighted by Crippen LogP contribution is 2.20. The van der Waals surface area contributed by atoms with E-state index < -0.39 is 42.3 Å². The molecule has 0 saturated heterocycles. The number of carbonyl (C=O) groups excluding carboxylic acids is 5. The van der Waals surface area contributed by atoms with Gasteiger partial charge in [0, 0.05) is 45.6 Å². The van der Waals surface area contributed by atoms with Gasteiger partial charge < -0.3 is 43.4 Å². The smallest absolute Gasteiger partial charge is 0.407 e. The zero-order chi connectivity index (χ0) is 53.8. The predicted molar refractivity (Wildman–Crippen MR) is 293 cm³/mol. The first-order chi connectivity index (χ1) is 35.5. The fourth-order valence-electron chi connectivity index (χ4n) is 7.87. The number of hydrogen-bond donors (Lipinski definition) is 1. The molecular formula is C59H108N2O12. The highest BCUT2D eigenvalue weighted by atomic mass is 16.7. The Bertz CT molecular complexity index is 1370. The summed E-state index contributed by atoms with van der Waals surface area (Å²) in [5.74, 6) is -2.03. The summed E-state index contributed by atoms with van der Waals surface area (Å²) >= 11 is 0. The molecule has 0 bridgehead atoms. The lowest BCUT2D eigenvalue weighted by molar-refractivity contribution is -0.162. The number of likely N-dealkylation sites (N-methyl/N-ethyl adjacent to an activating group) is 1. The van der Waals surface area contributed by atoms with Crippen molar-refractivity contribution in [2.75, 3.05) is 66.3 Å². The summed E-state index contributed by atoms with van der Waals surface area (Å²) in [7, 11) is 1.98. The van der Waals surface area contributed by atoms with Crippen LogP contribution in [0.1, 0.15) is 234 Å². The topological polar surface area (TPSA) is 165 Å². The van der Waals surface area contributed by atoms with Gasteiger partial charge in [-0.15, -0.1) is 0 Å². The van der Waals surface area contributed by atoms with Gasteiger partial charge in [0.15, 0.2) is 6.29 Å². The van der Waals surface area contributed by atoms with E-state index in [-0.39, 0.29) is 51.0 Å². The monoisotopic (exact) mass is 1040 g/mol. The summed E-state index contributed by atoms with van der Waals surface area (Å²) in [6.07, 6.45) is 32.0. The highest BCUT2D eigenvalue weighted by Gasteiger charge is 2.22. The van der Waals surface area contributed by atoms with Crippen LogP contribution in [0.3, 0.4) is 0 Å². The highest BCUT2D eigenvalue weighted by molar-refractivity contribution is 5.72. The maximum atomic E-state index is 13.2. The third kappa shape index (κ3) is 45.6. The quantitative estimate of drug-likeness (QED) is 0.0201. The van der Waals surface area contributed by atoms with E-state index in [0.717, 1.165) is 141 Å². The van der Waals surface area contributed by atoms with Crippen molar-refractivity contribution in [2.24, 2.45) is 11.8 Å². The normalized spacial score (nSPS) is 12.9. The molecule has 0 radical (unpaired) electrons. The molecule has 73 heavy (non-hydrogen) atoms. The molecule has 0 saturated carbocycles. The van der Waals surface area contributed by atoms with Gasteiger partial charge in [-0.2, -0.15) is 0 Å². The van der Waals surface area contributed by atoms with Gasteiger partial charge in [0.05, 0.1) is 24.9 Å². The average molecular weight is 1040 g/mol. The minimum absolute atomic E-state index is 0.0238. The standard InChI is InChI=1S/C59H108N2O12/c1-8-14-19-23-26-32-45-67-57(68-46-33-27-24-20-15-9-2)42-41-56(64)72-50-51(49-71-55(63)40-39-53(37-30-22-17-11-4)73-59(66)60-43-44-61(7)13-6)48-70-54(62)38-31-25-28-34-47-69-58(65)52(35-18-12-5)36-29-21-16-10-3/h14-15,19-20,51-53,57H,8-13,16-18,21-50H2,1-7H3,(H,60,66)/b19-14-,20-15-. The number of nitrogens with zero attached hydrogens (tertiary/aromatic N) is 1. The van der Waals surface area contributed by atoms with Crippen LogP contribution in [0, 0.1) is 11.8 Å². The summed E-state index contributed by atoms with van der Waals surface area (Å²) in [6.45, 7) is 15.9. The number of esters is 4. The molecule has 0 aliphatic rings. The molecule has 1 N–H and O–H groups in total. The minimum Gasteiger partial charge on any atom is -0.465 e. The lowest BCUT2D eigenvalue weighted by Crippen LogP contribution is -2.35. The second-order valence-corrected chi connectivity index (χ2v) is 19.6. The molecule has 0 aromatic carbocycles. The number of carbonyl (C=O) groups is 5. The second kappa shape index (κ2) is 52.0. The summed E-state index contributed by atoms with van der Waals surface area (Å²) < 4.78 is 40.7. The van der Waals surface area contributed by atoms with Gasteiger partial charge in [0.2, 0.25) is 0 Å². The zero-order valence-electron chi connectivity index (χ0n) is 47.5. The van der Waals surface area contributed by atoms with Crippen LogP contribution in [0.4, 0.5) is 4.79 Å². The first kappa shape index (κ1) is 69.5. The molecule has 0 heterocycles. The molecule has 0 rings (SSSR count). The van der Waals surface area contributed by atoms with Gasteiger partial charge >= 0.3 is 30.0 Å². The molecule has 0 aromatic rings. The van der Waals surface area contributed by atoms with Crippen LogP contribution in [-0.2, 0) is 52.3 Å². The van der Waals surface area contributed by atoms with Gasteiger partial charge in [-0.1, -0.05) is 136 Å². The zero-order valence-corrected chi connectivity index (χ0v) is 47.5. The van der Waals surface area contributed by atoms with Gasteiger partial charge in [0.1, 0.15) is 25.9 Å². The number of nitrogens with one attached hydrogen (secondary N) is 1. The molecule has 0 aliphatic carbocycles. The van der Waals surface area contributed by atoms with Crippen LogP contribution in [0.25, 0.3) is 0 Å². The van der Waals surface area contributed by atoms with Crippen LogP contribution < -0.4 is 5.32 Å². The Morgan fingerprint density at radius 3 is 1.56 bits per heavy atom. The lowest BCUT2D eigenvalue weighted by Gasteiger charge is -2.20. The third-order valence-electron chi connectivity index (χ3n) is 12.8. The van der Waals surface area contributed by atoms with Gasteiger partial charge in [-0.25, -0.2) is 4.79 Å². The van der Waals surface area contributed by atoms with E-state index in [9.17, 15) is 24.0 Å². The molecule has 14 nitrogen and oxygen atoms in total. The van der Waals surface area contributed by atoms with Crippen LogP contribution in [0.15, 0.2) is 24.3 Å². The maximum Gasteiger partial charge on any atom is 0.407 e. The lowest BCUT2D eigenvalue weighted by atomic mass is 9.95. The number of alkyl carbamates (subject to hydrolysis) is 1. The van der Waals surface area contributed by atoms with Crippen molar-refractivity contribution in [1.29, 1.82) is 0 Å². The summed E-state index contributed by atoms with van der Waals surface area (Å²) in [4.78, 5) is 66.8. The fourth-order valence-corrected chi connectivity index (χ4v) is 7.87. The van der Waals surface area contributed by atoms with E-state index in [1.807, 2.05) is 14.0 Å². The Kier molecular flexibility index (Phi) is 49.5. The van der Waals surface area contributed by atoms with E-state index in [4.69, 9.17) is 33.2 Å². The van der Waals surface area contributed by atoms with Crippen LogP contribution in [0.2, 0.25) is 0 Å². The molecule has 3 unspecified atom stereocenters. The molecule has 426 valence electrons. The van der Waals surface area contributed by atoms with Crippen molar-refractivity contribution in [3.8, 4) is 0 Å². The third-order valence-corrected chi connectivity index (χ3v) is 12.8. The van der Waals surface area contributed by atoms with Crippen molar-refractivity contribution in [1.82, 2.24) is 10.2 Å². The predicted octanol–water partition coefficient (Wildman–Crippen LogP) is 13.7. The number of rotatable bonds is 52. The molecule has 3 atom stereocenters. The summed E-state index contributed by atoms with van der Waals surface area (Å²) in [6, 6.07) is 0. The van der Waals surface area contributed by atoms with Crippen LogP contribution in [-0.4, -0.2) is 114 Å². The van der Waals surface area contributed by atoms with Crippen molar-refractivity contribution in [3.05, 3.63) is 24.3 Å². The van der Waals surface area contributed by atoms with E-state index in [2.05, 4.69) is 69.1 Å². The van der Waals surface area contributed by atoms with E-state index in [1.54, 1.807) is 0 Å². The van der Waals surface area contributed by atoms with Gasteiger partial charge in [-0.3, -0.25) is 19.2 Å². The molecule has 0 aromatic heterocycles. The maximum absolute atomic E-state index is 13.2. The molecule has 14 heteroatoms. The van der Waals surface area contributed by atoms with E-state index >= 15 is 0 Å². The van der Waals surface area contributed by atoms with Crippen LogP contribution in [0.5, 0.6) is 0 Å². The molecular weight excluding hydrogens is 929 g/mol. The Balaban J connectivity index is 5.46. The Hall–Kier alpha value is -3.49. The Morgan fingerprint density at radius 2 is 1.00 bits per heavy atom. The number of ether oxygens (including phenoxy) is 7. The van der Waals surface area contributed by atoms with Crippen molar-refractivity contribution in [2.45, 2.75) is 247 Å². The van der Waals surface area contributed by atoms with Gasteiger partial charge in [0.25, 0.3) is 0 Å². The summed E-state index contributed by atoms with van der Waals surface area (Å²) in [5, 5.41) is 2.81. The molecule has 0 aliphatic heterocycles. The van der Waals surface area contributed by atoms with Crippen molar-refractivity contribution >= 4 is 30.0 Å². The molecule has 0 fully saturated rings. The molecule has 1 amide bonds. The Labute approximate surface area is 444 Å². The van der Waals surface area contributed by atoms with E-state index in [0.29, 0.717) is 58.6 Å². The van der Waals surface area contributed by atoms with Gasteiger partial charge in [-0.05, 0) is 110 Å². The average Bonchev–Trinajstić information content (AvgIpc) is 3.38. The second-order valence-electron chi connectivity index (χ2n) is 19.6. The number of hydrogen-bond acceptors (Lipinski definition) is 13. The molecule has 0 spiro atoms. The number of allylic oxidation sites excluding steroid dienone is 4. The van der Waals surface area contributed by atoms with E-state index in [1.165, 1.54) is 12.8 Å². The van der Waals surface area contributed by atoms with Crippen molar-refractivity contribution in [3.63, 3.8) is 0 Å². The number of unbranched alkanes of at least 4 members (excludes halogenated alkanes) is 14.